The van der Waals surface area contributed by atoms with E-state index in [1.54, 1.807) is 7.11 Å². The van der Waals surface area contributed by atoms with Gasteiger partial charge in [0.25, 0.3) is 5.91 Å². The number of nitrogens with one attached hydrogen (secondary N) is 2. The van der Waals surface area contributed by atoms with Crippen molar-refractivity contribution in [3.8, 4) is 5.75 Å². The second kappa shape index (κ2) is 8.43. The van der Waals surface area contributed by atoms with Crippen LogP contribution in [0.15, 0.2) is 42.5 Å². The van der Waals surface area contributed by atoms with Gasteiger partial charge in [0.15, 0.2) is 6.54 Å². The molecule has 0 spiro atoms. The maximum Gasteiger partial charge on any atom is 0.279 e. The number of rotatable bonds is 5. The van der Waals surface area contributed by atoms with Gasteiger partial charge in [-0.05, 0) is 48.9 Å². The molecule has 2 aromatic rings. The second-order valence-corrected chi connectivity index (χ2v) is 7.05. The number of hydrogen-bond acceptors (Lipinski definition) is 3. The number of piperazine rings is 1. The van der Waals surface area contributed by atoms with Gasteiger partial charge in [-0.3, -0.25) is 4.79 Å². The first-order valence-electron chi connectivity index (χ1n) is 8.84. The third kappa shape index (κ3) is 4.68. The molecule has 1 saturated heterocycles. The van der Waals surface area contributed by atoms with Crippen molar-refractivity contribution in [2.45, 2.75) is 6.92 Å². The molecule has 1 fully saturated rings. The maximum atomic E-state index is 12.3. The number of amides is 1. The summed E-state index contributed by atoms with van der Waals surface area (Å²) in [6.07, 6.45) is 0. The summed E-state index contributed by atoms with van der Waals surface area (Å²) in [7, 11) is 1.67. The molecular weight excluding hydrogens is 350 g/mol. The number of carbonyl (C=O) groups is 1. The van der Waals surface area contributed by atoms with Gasteiger partial charge in [-0.1, -0.05) is 17.7 Å². The van der Waals surface area contributed by atoms with Crippen LogP contribution in [-0.2, 0) is 4.79 Å². The first kappa shape index (κ1) is 18.5. The Hall–Kier alpha value is -2.24. The van der Waals surface area contributed by atoms with E-state index in [2.05, 4.69) is 22.3 Å². The van der Waals surface area contributed by atoms with E-state index < -0.39 is 0 Å². The van der Waals surface area contributed by atoms with Crippen LogP contribution < -0.4 is 19.9 Å². The lowest BCUT2D eigenvalue weighted by Gasteiger charge is -2.33. The molecule has 1 aliphatic heterocycles. The summed E-state index contributed by atoms with van der Waals surface area (Å²) >= 11 is 6.19. The van der Waals surface area contributed by atoms with Crippen molar-refractivity contribution in [2.75, 3.05) is 50.1 Å². The molecular formula is C20H25ClN3O2+. The Morgan fingerprint density at radius 2 is 1.88 bits per heavy atom. The van der Waals surface area contributed by atoms with Gasteiger partial charge < -0.3 is 19.9 Å². The summed E-state index contributed by atoms with van der Waals surface area (Å²) in [6, 6.07) is 13.8. The van der Waals surface area contributed by atoms with Crippen LogP contribution in [0.5, 0.6) is 5.75 Å². The number of nitrogens with zero attached hydrogens (tertiary/aromatic N) is 1. The highest BCUT2D eigenvalue weighted by Gasteiger charge is 2.22. The predicted octanol–water partition coefficient (Wildman–Crippen LogP) is 2.00. The molecule has 2 aromatic carbocycles. The van der Waals surface area contributed by atoms with Crippen molar-refractivity contribution in [1.29, 1.82) is 0 Å². The number of ether oxygens (including phenoxy) is 1. The fourth-order valence-corrected chi connectivity index (χ4v) is 3.48. The summed E-state index contributed by atoms with van der Waals surface area (Å²) in [5.74, 6) is 0.869. The third-order valence-corrected chi connectivity index (χ3v) is 5.03. The normalized spacial score (nSPS) is 15.0. The molecule has 2 N–H and O–H groups in total. The number of anilines is 2. The molecule has 1 aliphatic rings. The largest absolute Gasteiger partial charge is 0.497 e. The molecule has 138 valence electrons. The van der Waals surface area contributed by atoms with E-state index in [4.69, 9.17) is 16.3 Å². The van der Waals surface area contributed by atoms with E-state index in [1.807, 2.05) is 37.3 Å². The van der Waals surface area contributed by atoms with Gasteiger partial charge in [0, 0.05) is 5.69 Å². The molecule has 0 bridgehead atoms. The van der Waals surface area contributed by atoms with Crippen molar-refractivity contribution >= 4 is 28.9 Å². The highest BCUT2D eigenvalue weighted by Crippen LogP contribution is 2.22. The van der Waals surface area contributed by atoms with Crippen molar-refractivity contribution in [3.05, 3.63) is 53.1 Å². The smallest absolute Gasteiger partial charge is 0.279 e. The van der Waals surface area contributed by atoms with Gasteiger partial charge in [-0.2, -0.15) is 0 Å². The van der Waals surface area contributed by atoms with Crippen molar-refractivity contribution in [3.63, 3.8) is 0 Å². The minimum absolute atomic E-state index is 0.00338. The average molecular weight is 375 g/mol. The monoisotopic (exact) mass is 374 g/mol. The fraction of sp³-hybridized carbons (Fsp3) is 0.350. The van der Waals surface area contributed by atoms with Crippen LogP contribution in [0.3, 0.4) is 0 Å². The Kier molecular flexibility index (Phi) is 6.01. The zero-order chi connectivity index (χ0) is 18.5. The van der Waals surface area contributed by atoms with Crippen LogP contribution in [0.1, 0.15) is 5.56 Å². The minimum atomic E-state index is 0.00338. The average Bonchev–Trinajstić information content (AvgIpc) is 2.65. The van der Waals surface area contributed by atoms with Gasteiger partial charge in [0.1, 0.15) is 5.75 Å². The predicted molar refractivity (Wildman–Crippen MR) is 106 cm³/mol. The zero-order valence-electron chi connectivity index (χ0n) is 15.2. The number of methoxy groups -OCH3 is 1. The molecule has 6 heteroatoms. The van der Waals surface area contributed by atoms with Crippen LogP contribution >= 0.6 is 11.6 Å². The van der Waals surface area contributed by atoms with Crippen LogP contribution in [0.25, 0.3) is 0 Å². The van der Waals surface area contributed by atoms with Crippen LogP contribution in [0.2, 0.25) is 5.02 Å². The van der Waals surface area contributed by atoms with Crippen molar-refractivity contribution in [1.82, 2.24) is 0 Å². The Bertz CT molecular complexity index is 756. The van der Waals surface area contributed by atoms with E-state index >= 15 is 0 Å². The third-order valence-electron chi connectivity index (χ3n) is 4.72. The molecule has 1 amide bonds. The lowest BCUT2D eigenvalue weighted by Crippen LogP contribution is -3.15. The number of aryl methyl sites for hydroxylation is 1. The number of carbonyl (C=O) groups excluding carboxylic acids is 1. The van der Waals surface area contributed by atoms with Gasteiger partial charge in [0.05, 0.1) is 44.0 Å². The Balaban J connectivity index is 1.49. The zero-order valence-corrected chi connectivity index (χ0v) is 16.0. The van der Waals surface area contributed by atoms with Crippen LogP contribution in [-0.4, -0.2) is 45.7 Å². The maximum absolute atomic E-state index is 12.3. The number of quaternary nitrogens is 1. The molecule has 5 nitrogen and oxygen atoms in total. The van der Waals surface area contributed by atoms with Crippen molar-refractivity contribution < 1.29 is 14.4 Å². The summed E-state index contributed by atoms with van der Waals surface area (Å²) in [4.78, 5) is 16.0. The van der Waals surface area contributed by atoms with E-state index in [9.17, 15) is 4.79 Å². The Morgan fingerprint density at radius 3 is 2.50 bits per heavy atom. The number of halogens is 1. The SMILES string of the molecule is COc1ccc(N2CC[NH+](CC(=O)Nc3ccc(C)cc3Cl)CC2)cc1. The van der Waals surface area contributed by atoms with E-state index in [0.717, 1.165) is 37.5 Å². The standard InChI is InChI=1S/C20H24ClN3O2/c1-15-3-8-19(18(21)13-15)22-20(25)14-23-9-11-24(12-10-23)16-4-6-17(26-2)7-5-16/h3-8,13H,9-12,14H2,1-2H3,(H,22,25)/p+1. The van der Waals surface area contributed by atoms with Gasteiger partial charge >= 0.3 is 0 Å². The molecule has 26 heavy (non-hydrogen) atoms. The molecule has 0 radical (unpaired) electrons. The molecule has 0 saturated carbocycles. The highest BCUT2D eigenvalue weighted by atomic mass is 35.5. The topological polar surface area (TPSA) is 46.0 Å². The summed E-state index contributed by atoms with van der Waals surface area (Å²) < 4.78 is 5.20. The quantitative estimate of drug-likeness (QED) is 0.841. The van der Waals surface area contributed by atoms with E-state index in [1.165, 1.54) is 10.6 Å². The van der Waals surface area contributed by atoms with Crippen LogP contribution in [0, 0.1) is 6.92 Å². The summed E-state index contributed by atoms with van der Waals surface area (Å²) in [6.45, 7) is 6.16. The highest BCUT2D eigenvalue weighted by molar-refractivity contribution is 6.33. The fourth-order valence-electron chi connectivity index (χ4n) is 3.19. The van der Waals surface area contributed by atoms with Gasteiger partial charge in [-0.15, -0.1) is 0 Å². The molecule has 3 rings (SSSR count). The molecule has 0 aromatic heterocycles. The van der Waals surface area contributed by atoms with Crippen LogP contribution in [0.4, 0.5) is 11.4 Å². The molecule has 0 aliphatic carbocycles. The van der Waals surface area contributed by atoms with Gasteiger partial charge in [0.2, 0.25) is 0 Å². The lowest BCUT2D eigenvalue weighted by molar-refractivity contribution is -0.892. The Morgan fingerprint density at radius 1 is 1.19 bits per heavy atom. The van der Waals surface area contributed by atoms with Gasteiger partial charge in [-0.25, -0.2) is 0 Å². The second-order valence-electron chi connectivity index (χ2n) is 6.64. The molecule has 0 atom stereocenters. The van der Waals surface area contributed by atoms with E-state index in [0.29, 0.717) is 17.3 Å². The lowest BCUT2D eigenvalue weighted by atomic mass is 10.2. The summed E-state index contributed by atoms with van der Waals surface area (Å²) in [5.41, 5.74) is 2.95. The number of hydrogen-bond donors (Lipinski definition) is 2. The molecule has 1 heterocycles. The van der Waals surface area contributed by atoms with E-state index in [-0.39, 0.29) is 5.91 Å². The first-order valence-corrected chi connectivity index (χ1v) is 9.21. The molecule has 0 unspecified atom stereocenters. The Labute approximate surface area is 159 Å². The first-order chi connectivity index (χ1) is 12.5. The summed E-state index contributed by atoms with van der Waals surface area (Å²) in [5, 5.41) is 3.50. The minimum Gasteiger partial charge on any atom is -0.497 e. The number of benzene rings is 2. The van der Waals surface area contributed by atoms with Crippen molar-refractivity contribution in [2.24, 2.45) is 0 Å².